The number of aromatic nitrogens is 1. The first-order chi connectivity index (χ1) is 8.28. The van der Waals surface area contributed by atoms with Crippen LogP contribution < -0.4 is 10.5 Å². The van der Waals surface area contributed by atoms with E-state index in [-0.39, 0.29) is 0 Å². The molecule has 3 rings (SSSR count). The molecule has 0 unspecified atom stereocenters. The molecule has 1 aliphatic carbocycles. The highest BCUT2D eigenvalue weighted by atomic mass is 16.5. The van der Waals surface area contributed by atoms with Crippen molar-refractivity contribution in [3.8, 4) is 17.0 Å². The second-order valence-electron chi connectivity index (χ2n) is 4.30. The Morgan fingerprint density at radius 1 is 1.41 bits per heavy atom. The molecule has 1 heterocycles. The monoisotopic (exact) mass is 230 g/mol. The molecule has 0 atom stereocenters. The van der Waals surface area contributed by atoms with Gasteiger partial charge >= 0.3 is 0 Å². The lowest BCUT2D eigenvalue weighted by atomic mass is 10.1. The number of nitrogens with zero attached hydrogens (tertiary/aromatic N) is 1. The molecule has 1 aromatic carbocycles. The van der Waals surface area contributed by atoms with E-state index in [0.29, 0.717) is 17.4 Å². The van der Waals surface area contributed by atoms with Crippen molar-refractivity contribution in [3.05, 3.63) is 30.4 Å². The summed E-state index contributed by atoms with van der Waals surface area (Å²) >= 11 is 0. The van der Waals surface area contributed by atoms with Crippen molar-refractivity contribution < 1.29 is 9.15 Å². The van der Waals surface area contributed by atoms with E-state index in [0.717, 1.165) is 17.1 Å². The van der Waals surface area contributed by atoms with Crippen LogP contribution in [0.1, 0.15) is 24.7 Å². The van der Waals surface area contributed by atoms with E-state index in [1.54, 1.807) is 13.4 Å². The molecule has 2 aromatic rings. The van der Waals surface area contributed by atoms with E-state index in [9.17, 15) is 0 Å². The molecule has 0 amide bonds. The van der Waals surface area contributed by atoms with Gasteiger partial charge in [0.15, 0.2) is 5.89 Å². The summed E-state index contributed by atoms with van der Waals surface area (Å²) in [5.41, 5.74) is 8.27. The van der Waals surface area contributed by atoms with Crippen LogP contribution in [0.5, 0.6) is 5.75 Å². The van der Waals surface area contributed by atoms with Gasteiger partial charge in [-0.05, 0) is 31.0 Å². The summed E-state index contributed by atoms with van der Waals surface area (Å²) in [7, 11) is 1.60. The third-order valence-electron chi connectivity index (χ3n) is 2.97. The number of nitrogens with two attached hydrogens (primary N) is 1. The van der Waals surface area contributed by atoms with Crippen LogP contribution in [0.3, 0.4) is 0 Å². The lowest BCUT2D eigenvalue weighted by Gasteiger charge is -2.04. The van der Waals surface area contributed by atoms with Crippen LogP contribution in [0.4, 0.5) is 5.69 Å². The molecule has 2 N–H and O–H groups in total. The number of oxazole rings is 1. The number of nitrogen functional groups attached to an aromatic ring is 1. The number of hydrogen-bond acceptors (Lipinski definition) is 4. The van der Waals surface area contributed by atoms with E-state index in [1.165, 1.54) is 12.8 Å². The fourth-order valence-corrected chi connectivity index (χ4v) is 1.83. The number of rotatable bonds is 3. The maximum absolute atomic E-state index is 5.86. The maximum Gasteiger partial charge on any atom is 0.197 e. The van der Waals surface area contributed by atoms with Gasteiger partial charge in [0.1, 0.15) is 17.7 Å². The molecule has 0 aliphatic heterocycles. The van der Waals surface area contributed by atoms with Crippen LogP contribution in [-0.2, 0) is 0 Å². The lowest BCUT2D eigenvalue weighted by molar-refractivity contribution is 0.417. The Morgan fingerprint density at radius 2 is 2.24 bits per heavy atom. The molecule has 17 heavy (non-hydrogen) atoms. The van der Waals surface area contributed by atoms with Crippen LogP contribution in [0.2, 0.25) is 0 Å². The Bertz CT molecular complexity index is 544. The van der Waals surface area contributed by atoms with Gasteiger partial charge in [-0.15, -0.1) is 0 Å². The van der Waals surface area contributed by atoms with Gasteiger partial charge in [0, 0.05) is 11.5 Å². The first-order valence-corrected chi connectivity index (χ1v) is 5.67. The predicted molar refractivity (Wildman–Crippen MR) is 64.9 cm³/mol. The number of methoxy groups -OCH3 is 1. The summed E-state index contributed by atoms with van der Waals surface area (Å²) in [5.74, 6) is 2.05. The van der Waals surface area contributed by atoms with Crippen LogP contribution in [0.15, 0.2) is 28.9 Å². The van der Waals surface area contributed by atoms with E-state index < -0.39 is 0 Å². The number of hydrogen-bond donors (Lipinski definition) is 1. The zero-order valence-corrected chi connectivity index (χ0v) is 9.64. The molecule has 1 saturated carbocycles. The van der Waals surface area contributed by atoms with E-state index in [1.807, 2.05) is 18.2 Å². The Labute approximate surface area is 99.4 Å². The molecule has 1 fully saturated rings. The van der Waals surface area contributed by atoms with Crippen molar-refractivity contribution in [2.24, 2.45) is 0 Å². The van der Waals surface area contributed by atoms with Crippen LogP contribution in [0.25, 0.3) is 11.3 Å². The number of benzene rings is 1. The minimum absolute atomic E-state index is 0.527. The highest BCUT2D eigenvalue weighted by molar-refractivity contribution is 5.67. The van der Waals surface area contributed by atoms with Crippen LogP contribution in [0, 0.1) is 0 Å². The highest BCUT2D eigenvalue weighted by Gasteiger charge is 2.28. The minimum atomic E-state index is 0.527. The summed E-state index contributed by atoms with van der Waals surface area (Å²) in [6.45, 7) is 0. The second-order valence-corrected chi connectivity index (χ2v) is 4.30. The summed E-state index contributed by atoms with van der Waals surface area (Å²) in [6, 6.07) is 5.63. The fourth-order valence-electron chi connectivity index (χ4n) is 1.83. The standard InChI is InChI=1S/C13H14N2O2/c1-16-12-5-4-9(6-10(12)14)11-7-17-13(15-11)8-2-3-8/h4-8H,2-3,14H2,1H3. The molecule has 4 heteroatoms. The van der Waals surface area contributed by atoms with Gasteiger partial charge in [-0.1, -0.05) is 0 Å². The zero-order valence-electron chi connectivity index (χ0n) is 9.64. The van der Waals surface area contributed by atoms with E-state index in [2.05, 4.69) is 4.98 Å². The maximum atomic E-state index is 5.86. The Kier molecular flexibility index (Phi) is 2.28. The van der Waals surface area contributed by atoms with Crippen molar-refractivity contribution in [2.75, 3.05) is 12.8 Å². The summed E-state index contributed by atoms with van der Waals surface area (Å²) in [4.78, 5) is 4.48. The quantitative estimate of drug-likeness (QED) is 0.823. The van der Waals surface area contributed by atoms with Crippen molar-refractivity contribution in [1.82, 2.24) is 4.98 Å². The molecule has 0 saturated heterocycles. The molecule has 88 valence electrons. The van der Waals surface area contributed by atoms with Gasteiger partial charge < -0.3 is 14.9 Å². The van der Waals surface area contributed by atoms with Crippen molar-refractivity contribution in [1.29, 1.82) is 0 Å². The van der Waals surface area contributed by atoms with Crippen molar-refractivity contribution in [3.63, 3.8) is 0 Å². The van der Waals surface area contributed by atoms with Crippen molar-refractivity contribution >= 4 is 5.69 Å². The second kappa shape index (κ2) is 3.80. The fraction of sp³-hybridized carbons (Fsp3) is 0.308. The third-order valence-corrected chi connectivity index (χ3v) is 2.97. The largest absolute Gasteiger partial charge is 0.495 e. The van der Waals surface area contributed by atoms with Gasteiger partial charge in [-0.2, -0.15) is 0 Å². The molecular formula is C13H14N2O2. The molecule has 1 aliphatic rings. The lowest BCUT2D eigenvalue weighted by Crippen LogP contribution is -1.92. The van der Waals surface area contributed by atoms with Gasteiger partial charge in [0.2, 0.25) is 0 Å². The van der Waals surface area contributed by atoms with Crippen molar-refractivity contribution in [2.45, 2.75) is 18.8 Å². The minimum Gasteiger partial charge on any atom is -0.495 e. The average molecular weight is 230 g/mol. The van der Waals surface area contributed by atoms with Gasteiger partial charge in [0.25, 0.3) is 0 Å². The summed E-state index contributed by atoms with van der Waals surface area (Å²) < 4.78 is 10.6. The first-order valence-electron chi connectivity index (χ1n) is 5.67. The number of anilines is 1. The zero-order chi connectivity index (χ0) is 11.8. The molecule has 0 bridgehead atoms. The molecular weight excluding hydrogens is 216 g/mol. The predicted octanol–water partition coefficient (Wildman–Crippen LogP) is 2.81. The average Bonchev–Trinajstić information content (AvgIpc) is 3.07. The van der Waals surface area contributed by atoms with Crippen LogP contribution in [-0.4, -0.2) is 12.1 Å². The van der Waals surface area contributed by atoms with E-state index >= 15 is 0 Å². The highest BCUT2D eigenvalue weighted by Crippen LogP contribution is 2.40. The summed E-state index contributed by atoms with van der Waals surface area (Å²) in [6.07, 6.45) is 4.06. The third kappa shape index (κ3) is 1.86. The first kappa shape index (κ1) is 10.2. The number of ether oxygens (including phenoxy) is 1. The molecule has 0 radical (unpaired) electrons. The molecule has 1 aromatic heterocycles. The Balaban J connectivity index is 1.93. The summed E-state index contributed by atoms with van der Waals surface area (Å²) in [5, 5.41) is 0. The molecule has 0 spiro atoms. The van der Waals surface area contributed by atoms with Gasteiger partial charge in [0.05, 0.1) is 12.8 Å². The van der Waals surface area contributed by atoms with E-state index in [4.69, 9.17) is 14.9 Å². The Morgan fingerprint density at radius 3 is 2.88 bits per heavy atom. The topological polar surface area (TPSA) is 61.3 Å². The van der Waals surface area contributed by atoms with Gasteiger partial charge in [-0.25, -0.2) is 4.98 Å². The van der Waals surface area contributed by atoms with Crippen LogP contribution >= 0.6 is 0 Å². The molecule has 4 nitrogen and oxygen atoms in total. The SMILES string of the molecule is COc1ccc(-c2coc(C3CC3)n2)cc1N. The smallest absolute Gasteiger partial charge is 0.197 e. The van der Waals surface area contributed by atoms with Gasteiger partial charge in [-0.3, -0.25) is 0 Å². The normalized spacial score (nSPS) is 14.9. The Hall–Kier alpha value is -1.97.